The number of nitrogen functional groups attached to an aromatic ring is 1. The molecule has 1 unspecified atom stereocenters. The number of nitrogens with two attached hydrogens (primary N) is 2. The first kappa shape index (κ1) is 14.8. The quantitative estimate of drug-likeness (QED) is 0.449. The van der Waals surface area contributed by atoms with Crippen molar-refractivity contribution in [3.8, 4) is 0 Å². The second-order valence-electron chi connectivity index (χ2n) is 3.71. The van der Waals surface area contributed by atoms with Gasteiger partial charge in [0.05, 0.1) is 6.61 Å². The van der Waals surface area contributed by atoms with Gasteiger partial charge < -0.3 is 26.0 Å². The minimum atomic E-state index is -4.20. The molecule has 0 aliphatic rings. The zero-order chi connectivity index (χ0) is 13.8. The normalized spacial score (nSPS) is 13.5. The summed E-state index contributed by atoms with van der Waals surface area (Å²) < 4.78 is 16.5. The molecule has 0 spiro atoms. The molecular weight excluding hydrogens is 263 g/mol. The molecule has 18 heavy (non-hydrogen) atoms. The number of nitrogens with zero attached hydrogens (tertiary/aromatic N) is 2. The first-order chi connectivity index (χ1) is 8.28. The molecule has 0 fully saturated rings. The summed E-state index contributed by atoms with van der Waals surface area (Å²) >= 11 is 0. The van der Waals surface area contributed by atoms with Gasteiger partial charge in [-0.3, -0.25) is 9.13 Å². The Bertz CT molecular complexity index is 499. The lowest BCUT2D eigenvalue weighted by Crippen LogP contribution is -2.36. The monoisotopic (exact) mass is 278 g/mol. The van der Waals surface area contributed by atoms with Crippen LogP contribution in [0.5, 0.6) is 0 Å². The SMILES string of the molecule is Nc1ccn(CC(N)COCP(=O)(O)O)c(=O)n1. The van der Waals surface area contributed by atoms with Crippen LogP contribution < -0.4 is 17.2 Å². The van der Waals surface area contributed by atoms with Crippen molar-refractivity contribution in [3.63, 3.8) is 0 Å². The molecule has 0 bridgehead atoms. The molecule has 1 atom stereocenters. The van der Waals surface area contributed by atoms with Crippen molar-refractivity contribution in [2.75, 3.05) is 18.7 Å². The van der Waals surface area contributed by atoms with Crippen LogP contribution in [-0.2, 0) is 15.8 Å². The highest BCUT2D eigenvalue weighted by molar-refractivity contribution is 7.51. The summed E-state index contributed by atoms with van der Waals surface area (Å²) in [6.07, 6.45) is 0.739. The van der Waals surface area contributed by atoms with E-state index in [1.165, 1.54) is 16.8 Å². The lowest BCUT2D eigenvalue weighted by atomic mass is 10.3. The van der Waals surface area contributed by atoms with Gasteiger partial charge in [0.25, 0.3) is 0 Å². The van der Waals surface area contributed by atoms with Crippen molar-refractivity contribution >= 4 is 13.4 Å². The van der Waals surface area contributed by atoms with Crippen molar-refractivity contribution in [3.05, 3.63) is 22.7 Å². The predicted octanol–water partition coefficient (Wildman–Crippen LogP) is -1.70. The van der Waals surface area contributed by atoms with Gasteiger partial charge in [0, 0.05) is 18.8 Å². The molecule has 1 heterocycles. The molecule has 0 aromatic carbocycles. The Balaban J connectivity index is 2.47. The van der Waals surface area contributed by atoms with Crippen LogP contribution >= 0.6 is 7.60 Å². The summed E-state index contributed by atoms with van der Waals surface area (Å²) in [5.41, 5.74) is 10.4. The lowest BCUT2D eigenvalue weighted by molar-refractivity contribution is 0.138. The number of hydrogen-bond donors (Lipinski definition) is 4. The molecule has 9 nitrogen and oxygen atoms in total. The van der Waals surface area contributed by atoms with Crippen LogP contribution in [0, 0.1) is 0 Å². The van der Waals surface area contributed by atoms with Crippen molar-refractivity contribution in [1.29, 1.82) is 0 Å². The number of ether oxygens (including phenoxy) is 1. The van der Waals surface area contributed by atoms with Crippen molar-refractivity contribution in [2.24, 2.45) is 5.73 Å². The molecule has 1 rings (SSSR count). The van der Waals surface area contributed by atoms with Gasteiger partial charge in [-0.15, -0.1) is 0 Å². The van der Waals surface area contributed by atoms with E-state index in [4.69, 9.17) is 26.0 Å². The van der Waals surface area contributed by atoms with Gasteiger partial charge >= 0.3 is 13.3 Å². The smallest absolute Gasteiger partial charge is 0.350 e. The number of aromatic nitrogens is 2. The maximum atomic E-state index is 11.4. The second-order valence-corrected chi connectivity index (χ2v) is 5.30. The van der Waals surface area contributed by atoms with E-state index >= 15 is 0 Å². The standard InChI is InChI=1S/C8H15N4O5P/c9-6(4-17-5-18(14,15)16)3-12-2-1-7(10)11-8(12)13/h1-2,6H,3-5,9H2,(H2,10,11,13)(H2,14,15,16). The zero-order valence-corrected chi connectivity index (χ0v) is 10.4. The second kappa shape index (κ2) is 6.07. The van der Waals surface area contributed by atoms with Crippen LogP contribution in [0.3, 0.4) is 0 Å². The molecule has 102 valence electrons. The minimum Gasteiger partial charge on any atom is -0.383 e. The van der Waals surface area contributed by atoms with Crippen molar-refractivity contribution in [2.45, 2.75) is 12.6 Å². The first-order valence-corrected chi connectivity index (χ1v) is 6.78. The maximum absolute atomic E-state index is 11.4. The number of hydrogen-bond acceptors (Lipinski definition) is 6. The molecule has 6 N–H and O–H groups in total. The van der Waals surface area contributed by atoms with E-state index in [0.29, 0.717) is 0 Å². The highest BCUT2D eigenvalue weighted by atomic mass is 31.2. The van der Waals surface area contributed by atoms with Crippen LogP contribution in [0.1, 0.15) is 0 Å². The average molecular weight is 278 g/mol. The third kappa shape index (κ3) is 5.39. The Labute approximate surface area is 103 Å². The fraction of sp³-hybridized carbons (Fsp3) is 0.500. The van der Waals surface area contributed by atoms with Gasteiger partial charge in [-0.05, 0) is 6.07 Å². The summed E-state index contributed by atoms with van der Waals surface area (Å²) in [5.74, 6) is 0.113. The number of rotatable bonds is 6. The fourth-order valence-electron chi connectivity index (χ4n) is 1.21. The van der Waals surface area contributed by atoms with E-state index < -0.39 is 25.7 Å². The van der Waals surface area contributed by atoms with Crippen LogP contribution in [0.4, 0.5) is 5.82 Å². The molecule has 1 aromatic rings. The molecule has 0 amide bonds. The molecule has 0 saturated heterocycles. The van der Waals surface area contributed by atoms with Gasteiger partial charge in [0.2, 0.25) is 0 Å². The van der Waals surface area contributed by atoms with Gasteiger partial charge in [0.15, 0.2) is 0 Å². The highest BCUT2D eigenvalue weighted by Crippen LogP contribution is 2.33. The van der Waals surface area contributed by atoms with E-state index in [-0.39, 0.29) is 19.0 Å². The van der Waals surface area contributed by atoms with Crippen LogP contribution in [0.2, 0.25) is 0 Å². The Morgan fingerprint density at radius 3 is 2.78 bits per heavy atom. The van der Waals surface area contributed by atoms with Crippen LogP contribution in [-0.4, -0.2) is 38.3 Å². The summed E-state index contributed by atoms with van der Waals surface area (Å²) in [5, 5.41) is 0. The summed E-state index contributed by atoms with van der Waals surface area (Å²) in [6.45, 7) is 0.0369. The topological polar surface area (TPSA) is 154 Å². The van der Waals surface area contributed by atoms with E-state index in [1.54, 1.807) is 0 Å². The lowest BCUT2D eigenvalue weighted by Gasteiger charge is -2.13. The van der Waals surface area contributed by atoms with Gasteiger partial charge in [0.1, 0.15) is 12.2 Å². The third-order valence-corrected chi connectivity index (χ3v) is 2.44. The van der Waals surface area contributed by atoms with E-state index in [2.05, 4.69) is 4.98 Å². The molecule has 1 aromatic heterocycles. The predicted molar refractivity (Wildman–Crippen MR) is 63.7 cm³/mol. The van der Waals surface area contributed by atoms with Crippen molar-refractivity contribution < 1.29 is 19.1 Å². The molecule has 0 radical (unpaired) electrons. The van der Waals surface area contributed by atoms with E-state index in [9.17, 15) is 9.36 Å². The number of anilines is 1. The summed E-state index contributed by atoms with van der Waals surface area (Å²) in [6, 6.07) is 0.865. The van der Waals surface area contributed by atoms with Crippen molar-refractivity contribution in [1.82, 2.24) is 9.55 Å². The first-order valence-electron chi connectivity index (χ1n) is 4.99. The Kier molecular flexibility index (Phi) is 5.00. The Morgan fingerprint density at radius 2 is 2.22 bits per heavy atom. The maximum Gasteiger partial charge on any atom is 0.350 e. The molecule has 0 aliphatic carbocycles. The van der Waals surface area contributed by atoms with Gasteiger partial charge in [-0.25, -0.2) is 4.79 Å². The van der Waals surface area contributed by atoms with Crippen LogP contribution in [0.25, 0.3) is 0 Å². The fourth-order valence-corrected chi connectivity index (χ4v) is 1.55. The molecule has 0 aliphatic heterocycles. The highest BCUT2D eigenvalue weighted by Gasteiger charge is 2.14. The molecular formula is C8H15N4O5P. The van der Waals surface area contributed by atoms with Gasteiger partial charge in [-0.1, -0.05) is 0 Å². The van der Waals surface area contributed by atoms with E-state index in [1.807, 2.05) is 0 Å². The van der Waals surface area contributed by atoms with E-state index in [0.717, 1.165) is 0 Å². The van der Waals surface area contributed by atoms with Gasteiger partial charge in [-0.2, -0.15) is 4.98 Å². The summed E-state index contributed by atoms with van der Waals surface area (Å²) in [4.78, 5) is 32.0. The Hall–Kier alpha value is -1.25. The zero-order valence-electron chi connectivity index (χ0n) is 9.47. The average Bonchev–Trinajstić information content (AvgIpc) is 2.20. The largest absolute Gasteiger partial charge is 0.383 e. The Morgan fingerprint density at radius 1 is 1.56 bits per heavy atom. The van der Waals surface area contributed by atoms with Crippen LogP contribution in [0.15, 0.2) is 17.1 Å². The third-order valence-electron chi connectivity index (χ3n) is 1.92. The molecule has 10 heteroatoms. The summed E-state index contributed by atoms with van der Waals surface area (Å²) in [7, 11) is -4.20. The minimum absolute atomic E-state index is 0.0814. The molecule has 0 saturated carbocycles.